The highest BCUT2D eigenvalue weighted by Gasteiger charge is 2.32. The highest BCUT2D eigenvalue weighted by atomic mass is 79.9. The number of hydrogen-bond acceptors (Lipinski definition) is 4. The number of hydrogen-bond donors (Lipinski definition) is 1. The zero-order valence-corrected chi connectivity index (χ0v) is 15.4. The Hall–Kier alpha value is -0.560. The van der Waals surface area contributed by atoms with Crippen LogP contribution in [-0.2, 0) is 4.79 Å². The molecule has 1 aliphatic heterocycles. The molecule has 3 nitrogen and oxygen atoms in total. The number of thioether (sulfide) groups is 1. The fraction of sp³-hybridized carbons (Fsp3) is 0.286. The van der Waals surface area contributed by atoms with Gasteiger partial charge < -0.3 is 5.11 Å². The molecule has 0 bridgehead atoms. The third-order valence-corrected chi connectivity index (χ3v) is 4.89. The quantitative estimate of drug-likeness (QED) is 0.585. The van der Waals surface area contributed by atoms with E-state index in [1.165, 1.54) is 11.8 Å². The number of phenolic OH excluding ortho intramolecular Hbond substituents is 1. The van der Waals surface area contributed by atoms with Crippen LogP contribution in [0.2, 0.25) is 5.02 Å². The summed E-state index contributed by atoms with van der Waals surface area (Å²) in [4.78, 5) is 14.4. The van der Waals surface area contributed by atoms with Crippen LogP contribution in [0.5, 0.6) is 5.75 Å². The summed E-state index contributed by atoms with van der Waals surface area (Å²) < 4.78 is 1.27. The average molecular weight is 407 g/mol. The largest absolute Gasteiger partial charge is 0.506 e. The number of rotatable bonds is 3. The fourth-order valence-electron chi connectivity index (χ4n) is 1.86. The Kier molecular flexibility index (Phi) is 5.35. The number of thiocarbonyl (C=S) groups is 1. The molecule has 0 saturated carbocycles. The van der Waals surface area contributed by atoms with Crippen molar-refractivity contribution in [1.82, 2.24) is 4.90 Å². The number of halogens is 2. The van der Waals surface area contributed by atoms with E-state index in [1.807, 2.05) is 13.8 Å². The van der Waals surface area contributed by atoms with Crippen molar-refractivity contribution in [3.63, 3.8) is 0 Å². The molecule has 2 rings (SSSR count). The predicted molar refractivity (Wildman–Crippen MR) is 95.5 cm³/mol. The van der Waals surface area contributed by atoms with Gasteiger partial charge in [-0.25, -0.2) is 0 Å². The minimum Gasteiger partial charge on any atom is -0.506 e. The van der Waals surface area contributed by atoms with Gasteiger partial charge >= 0.3 is 0 Å². The van der Waals surface area contributed by atoms with Crippen molar-refractivity contribution in [3.8, 4) is 5.75 Å². The van der Waals surface area contributed by atoms with Crippen LogP contribution >= 0.6 is 51.5 Å². The molecule has 112 valence electrons. The summed E-state index contributed by atoms with van der Waals surface area (Å²) in [6.45, 7) is 4.65. The van der Waals surface area contributed by atoms with E-state index in [9.17, 15) is 9.90 Å². The molecule has 0 spiro atoms. The number of nitrogens with zero attached hydrogens (tertiary/aromatic N) is 1. The van der Waals surface area contributed by atoms with Crippen molar-refractivity contribution in [3.05, 3.63) is 32.1 Å². The van der Waals surface area contributed by atoms with Gasteiger partial charge in [-0.3, -0.25) is 9.69 Å². The van der Waals surface area contributed by atoms with Crippen molar-refractivity contribution in [2.45, 2.75) is 13.8 Å². The lowest BCUT2D eigenvalue weighted by Crippen LogP contribution is -2.31. The van der Waals surface area contributed by atoms with Crippen LogP contribution in [0, 0.1) is 5.92 Å². The molecular formula is C14H13BrClNO2S2. The molecule has 0 radical (unpaired) electrons. The second kappa shape index (κ2) is 6.69. The first-order valence-corrected chi connectivity index (χ1v) is 8.62. The molecule has 1 N–H and O–H groups in total. The van der Waals surface area contributed by atoms with Crippen LogP contribution in [-0.4, -0.2) is 26.8 Å². The zero-order chi connectivity index (χ0) is 15.7. The van der Waals surface area contributed by atoms with Crippen LogP contribution in [0.1, 0.15) is 19.4 Å². The van der Waals surface area contributed by atoms with Crippen molar-refractivity contribution < 1.29 is 9.90 Å². The molecule has 21 heavy (non-hydrogen) atoms. The van der Waals surface area contributed by atoms with E-state index in [0.717, 1.165) is 4.47 Å². The third-order valence-electron chi connectivity index (χ3n) is 2.77. The lowest BCUT2D eigenvalue weighted by Gasteiger charge is -2.16. The molecule has 1 heterocycles. The number of carbonyl (C=O) groups is 1. The van der Waals surface area contributed by atoms with E-state index in [-0.39, 0.29) is 16.7 Å². The first-order valence-electron chi connectivity index (χ1n) is 6.23. The Morgan fingerprint density at radius 3 is 2.81 bits per heavy atom. The van der Waals surface area contributed by atoms with Crippen LogP contribution in [0.3, 0.4) is 0 Å². The summed E-state index contributed by atoms with van der Waals surface area (Å²) in [7, 11) is 0. The lowest BCUT2D eigenvalue weighted by molar-refractivity contribution is -0.122. The smallest absolute Gasteiger partial charge is 0.266 e. The monoisotopic (exact) mass is 405 g/mol. The average Bonchev–Trinajstić information content (AvgIpc) is 2.63. The first-order chi connectivity index (χ1) is 9.79. The van der Waals surface area contributed by atoms with Crippen molar-refractivity contribution in [1.29, 1.82) is 0 Å². The third kappa shape index (κ3) is 3.80. The van der Waals surface area contributed by atoms with Gasteiger partial charge in [0.2, 0.25) is 0 Å². The van der Waals surface area contributed by atoms with Crippen molar-refractivity contribution in [2.24, 2.45) is 5.92 Å². The van der Waals surface area contributed by atoms with Gasteiger partial charge in [-0.1, -0.05) is 65.4 Å². The van der Waals surface area contributed by atoms with Crippen LogP contribution < -0.4 is 0 Å². The molecule has 0 aromatic heterocycles. The molecule has 0 atom stereocenters. The second-order valence-corrected chi connectivity index (χ2v) is 8.01. The van der Waals surface area contributed by atoms with Gasteiger partial charge in [-0.2, -0.15) is 0 Å². The van der Waals surface area contributed by atoms with Crippen molar-refractivity contribution in [2.75, 3.05) is 6.54 Å². The van der Waals surface area contributed by atoms with Gasteiger partial charge in [0.05, 0.1) is 9.93 Å². The van der Waals surface area contributed by atoms with E-state index in [2.05, 4.69) is 15.9 Å². The van der Waals surface area contributed by atoms with E-state index in [0.29, 0.717) is 27.3 Å². The van der Waals surface area contributed by atoms with Gasteiger partial charge in [0, 0.05) is 16.6 Å². The number of carbonyl (C=O) groups excluding carboxylic acids is 1. The van der Waals surface area contributed by atoms with Gasteiger partial charge in [0.1, 0.15) is 10.1 Å². The van der Waals surface area contributed by atoms with E-state index < -0.39 is 0 Å². The summed E-state index contributed by atoms with van der Waals surface area (Å²) in [6.07, 6.45) is 1.62. The maximum Gasteiger partial charge on any atom is 0.266 e. The molecule has 7 heteroatoms. The van der Waals surface area contributed by atoms with Gasteiger partial charge in [0.25, 0.3) is 5.91 Å². The summed E-state index contributed by atoms with van der Waals surface area (Å²) in [5, 5.41) is 10.2. The van der Waals surface area contributed by atoms with E-state index in [4.69, 9.17) is 23.8 Å². The van der Waals surface area contributed by atoms with Crippen LogP contribution in [0.25, 0.3) is 6.08 Å². The van der Waals surface area contributed by atoms with E-state index in [1.54, 1.807) is 23.1 Å². The number of phenols is 1. The summed E-state index contributed by atoms with van der Waals surface area (Å²) in [6, 6.07) is 3.30. The molecule has 0 unspecified atom stereocenters. The maximum absolute atomic E-state index is 12.4. The number of benzene rings is 1. The van der Waals surface area contributed by atoms with Crippen LogP contribution in [0.15, 0.2) is 21.5 Å². The standard InChI is InChI=1S/C14H13BrClNO2S2/c1-7(2)6-17-13(19)11(21-14(17)20)4-8-3-9(15)5-10(16)12(8)18/h3-5,7,18H,6H2,1-2H3/b11-4-. The van der Waals surface area contributed by atoms with Gasteiger partial charge in [-0.15, -0.1) is 0 Å². The molecular weight excluding hydrogens is 394 g/mol. The minimum absolute atomic E-state index is 0.0472. The molecule has 1 amide bonds. The molecule has 1 aliphatic rings. The zero-order valence-electron chi connectivity index (χ0n) is 11.4. The summed E-state index contributed by atoms with van der Waals surface area (Å²) in [5.74, 6) is 0.156. The highest BCUT2D eigenvalue weighted by molar-refractivity contribution is 9.10. The number of amides is 1. The Morgan fingerprint density at radius 1 is 1.52 bits per heavy atom. The molecule has 1 saturated heterocycles. The van der Waals surface area contributed by atoms with E-state index >= 15 is 0 Å². The Bertz CT molecular complexity index is 646. The SMILES string of the molecule is CC(C)CN1C(=O)/C(=C/c2cc(Br)cc(Cl)c2O)SC1=S. The minimum atomic E-state index is -0.130. The van der Waals surface area contributed by atoms with Crippen molar-refractivity contribution >= 4 is 67.8 Å². The summed E-state index contributed by atoms with van der Waals surface area (Å²) in [5.41, 5.74) is 0.486. The Balaban J connectivity index is 2.35. The Labute approximate surface area is 146 Å². The Morgan fingerprint density at radius 2 is 2.19 bits per heavy atom. The topological polar surface area (TPSA) is 40.5 Å². The highest BCUT2D eigenvalue weighted by Crippen LogP contribution is 2.37. The maximum atomic E-state index is 12.4. The molecule has 1 aromatic rings. The predicted octanol–water partition coefficient (Wildman–Crippen LogP) is 4.67. The molecule has 1 aromatic carbocycles. The first kappa shape index (κ1) is 16.8. The lowest BCUT2D eigenvalue weighted by atomic mass is 10.1. The van der Waals surface area contributed by atoms with Crippen LogP contribution in [0.4, 0.5) is 0 Å². The van der Waals surface area contributed by atoms with Gasteiger partial charge in [0.15, 0.2) is 0 Å². The summed E-state index contributed by atoms with van der Waals surface area (Å²) >= 11 is 15.7. The molecule has 1 fully saturated rings. The fourth-order valence-corrected chi connectivity index (χ4v) is 3.96. The molecule has 0 aliphatic carbocycles. The van der Waals surface area contributed by atoms with Gasteiger partial charge in [-0.05, 0) is 24.1 Å². The second-order valence-electron chi connectivity index (χ2n) is 5.01. The normalized spacial score (nSPS) is 17.4. The number of aromatic hydroxyl groups is 1.